The molecule has 0 spiro atoms. The van der Waals surface area contributed by atoms with Crippen molar-refractivity contribution >= 4 is 11.6 Å². The first-order chi connectivity index (χ1) is 12.1. The van der Waals surface area contributed by atoms with E-state index in [4.69, 9.17) is 0 Å². The molecule has 0 radical (unpaired) electrons. The van der Waals surface area contributed by atoms with Gasteiger partial charge in [-0.15, -0.1) is 0 Å². The summed E-state index contributed by atoms with van der Waals surface area (Å²) in [6.07, 6.45) is 4.50. The SMILES string of the molecule is CN=C(NCc1cnn(C)c1)NC1CCN(c2c(F)cccc2F)C1. The molecule has 3 rings (SSSR count). The fraction of sp³-hybridized carbons (Fsp3) is 0.412. The van der Waals surface area contributed by atoms with Gasteiger partial charge in [0, 0.05) is 51.5 Å². The van der Waals surface area contributed by atoms with Crippen LogP contribution in [0.3, 0.4) is 0 Å². The van der Waals surface area contributed by atoms with Crippen LogP contribution in [-0.4, -0.2) is 41.9 Å². The normalized spacial score (nSPS) is 17.8. The van der Waals surface area contributed by atoms with Gasteiger partial charge < -0.3 is 15.5 Å². The Morgan fingerprint density at radius 1 is 1.36 bits per heavy atom. The number of rotatable bonds is 4. The van der Waals surface area contributed by atoms with E-state index in [1.807, 2.05) is 13.2 Å². The number of hydrogen-bond donors (Lipinski definition) is 2. The summed E-state index contributed by atoms with van der Waals surface area (Å²) < 4.78 is 29.6. The summed E-state index contributed by atoms with van der Waals surface area (Å²) in [6, 6.07) is 4.02. The number of benzene rings is 1. The first kappa shape index (κ1) is 17.2. The highest BCUT2D eigenvalue weighted by molar-refractivity contribution is 5.80. The molecule has 1 aromatic carbocycles. The lowest BCUT2D eigenvalue weighted by molar-refractivity contribution is 0.576. The van der Waals surface area contributed by atoms with E-state index in [1.54, 1.807) is 22.8 Å². The molecule has 1 unspecified atom stereocenters. The largest absolute Gasteiger partial charge is 0.365 e. The number of aliphatic imine (C=N–C) groups is 1. The molecule has 1 aromatic heterocycles. The Kier molecular flexibility index (Phi) is 5.16. The van der Waals surface area contributed by atoms with Crippen LogP contribution in [-0.2, 0) is 13.6 Å². The minimum absolute atomic E-state index is 0.0464. The van der Waals surface area contributed by atoms with Gasteiger partial charge in [0.05, 0.1) is 6.20 Å². The number of nitrogens with one attached hydrogen (secondary N) is 2. The third-order valence-corrected chi connectivity index (χ3v) is 4.22. The number of guanidine groups is 1. The van der Waals surface area contributed by atoms with Gasteiger partial charge in [-0.1, -0.05) is 6.07 Å². The first-order valence-corrected chi connectivity index (χ1v) is 8.20. The molecule has 2 aromatic rings. The minimum Gasteiger partial charge on any atom is -0.365 e. The van der Waals surface area contributed by atoms with Gasteiger partial charge in [-0.2, -0.15) is 5.10 Å². The topological polar surface area (TPSA) is 57.5 Å². The van der Waals surface area contributed by atoms with Crippen molar-refractivity contribution in [2.45, 2.75) is 19.0 Å². The molecule has 1 atom stereocenters. The minimum atomic E-state index is -0.528. The van der Waals surface area contributed by atoms with Crippen LogP contribution in [0.1, 0.15) is 12.0 Å². The monoisotopic (exact) mass is 348 g/mol. The van der Waals surface area contributed by atoms with Crippen molar-refractivity contribution < 1.29 is 8.78 Å². The van der Waals surface area contributed by atoms with Crippen molar-refractivity contribution in [3.05, 3.63) is 47.8 Å². The number of nitrogens with zero attached hydrogens (tertiary/aromatic N) is 4. The van der Waals surface area contributed by atoms with Crippen molar-refractivity contribution in [1.82, 2.24) is 20.4 Å². The summed E-state index contributed by atoms with van der Waals surface area (Å²) in [4.78, 5) is 5.94. The van der Waals surface area contributed by atoms with Crippen LogP contribution in [0.2, 0.25) is 0 Å². The molecule has 2 N–H and O–H groups in total. The van der Waals surface area contributed by atoms with Crippen molar-refractivity contribution in [3.8, 4) is 0 Å². The lowest BCUT2D eigenvalue weighted by atomic mass is 10.2. The van der Waals surface area contributed by atoms with Gasteiger partial charge >= 0.3 is 0 Å². The average Bonchev–Trinajstić information content (AvgIpc) is 3.20. The van der Waals surface area contributed by atoms with Crippen molar-refractivity contribution in [2.24, 2.45) is 12.0 Å². The summed E-state index contributed by atoms with van der Waals surface area (Å²) in [5, 5.41) is 10.7. The highest BCUT2D eigenvalue weighted by Crippen LogP contribution is 2.26. The maximum Gasteiger partial charge on any atom is 0.191 e. The fourth-order valence-corrected chi connectivity index (χ4v) is 3.01. The molecule has 1 aliphatic rings. The molecule has 8 heteroatoms. The Morgan fingerprint density at radius 2 is 2.12 bits per heavy atom. The molecule has 1 aliphatic heterocycles. The number of aryl methyl sites for hydroxylation is 1. The van der Waals surface area contributed by atoms with E-state index in [-0.39, 0.29) is 11.7 Å². The highest BCUT2D eigenvalue weighted by Gasteiger charge is 2.27. The molecule has 0 saturated carbocycles. The molecular weight excluding hydrogens is 326 g/mol. The van der Waals surface area contributed by atoms with E-state index >= 15 is 0 Å². The summed E-state index contributed by atoms with van der Waals surface area (Å²) in [6.45, 7) is 1.71. The van der Waals surface area contributed by atoms with Crippen LogP contribution < -0.4 is 15.5 Å². The standard InChI is InChI=1S/C17H22F2N6/c1-20-17(21-8-12-9-22-24(2)10-12)23-13-6-7-25(11-13)16-14(18)4-3-5-15(16)19/h3-5,9-10,13H,6-8,11H2,1-2H3,(H2,20,21,23). The molecule has 134 valence electrons. The van der Waals surface area contributed by atoms with Gasteiger partial charge in [0.25, 0.3) is 0 Å². The second-order valence-corrected chi connectivity index (χ2v) is 6.09. The third kappa shape index (κ3) is 4.07. The highest BCUT2D eigenvalue weighted by atomic mass is 19.1. The van der Waals surface area contributed by atoms with E-state index in [1.165, 1.54) is 18.2 Å². The Labute approximate surface area is 145 Å². The Hall–Kier alpha value is -2.64. The zero-order valence-electron chi connectivity index (χ0n) is 14.3. The second-order valence-electron chi connectivity index (χ2n) is 6.09. The molecule has 1 saturated heterocycles. The Morgan fingerprint density at radius 3 is 2.76 bits per heavy atom. The van der Waals surface area contributed by atoms with E-state index in [0.717, 1.165) is 12.0 Å². The molecular formula is C17H22F2N6. The molecule has 1 fully saturated rings. The summed E-state index contributed by atoms with van der Waals surface area (Å²) in [7, 11) is 3.56. The van der Waals surface area contributed by atoms with E-state index < -0.39 is 11.6 Å². The molecule has 2 heterocycles. The maximum atomic E-state index is 13.9. The van der Waals surface area contributed by atoms with Crippen molar-refractivity contribution in [3.63, 3.8) is 0 Å². The molecule has 25 heavy (non-hydrogen) atoms. The predicted molar refractivity (Wildman–Crippen MR) is 93.5 cm³/mol. The predicted octanol–water partition coefficient (Wildman–Crippen LogP) is 1.64. The van der Waals surface area contributed by atoms with E-state index in [2.05, 4.69) is 20.7 Å². The van der Waals surface area contributed by atoms with Crippen LogP contribution >= 0.6 is 0 Å². The van der Waals surface area contributed by atoms with Crippen LogP contribution in [0, 0.1) is 11.6 Å². The van der Waals surface area contributed by atoms with Crippen molar-refractivity contribution in [1.29, 1.82) is 0 Å². The smallest absolute Gasteiger partial charge is 0.191 e. The van der Waals surface area contributed by atoms with Crippen LogP contribution in [0.25, 0.3) is 0 Å². The van der Waals surface area contributed by atoms with Gasteiger partial charge in [-0.05, 0) is 18.6 Å². The van der Waals surface area contributed by atoms with E-state index in [0.29, 0.717) is 25.6 Å². The van der Waals surface area contributed by atoms with Crippen LogP contribution in [0.4, 0.5) is 14.5 Å². The second kappa shape index (κ2) is 7.50. The number of para-hydroxylation sites is 1. The quantitative estimate of drug-likeness (QED) is 0.652. The third-order valence-electron chi connectivity index (χ3n) is 4.22. The number of hydrogen-bond acceptors (Lipinski definition) is 3. The van der Waals surface area contributed by atoms with Gasteiger partial charge in [0.1, 0.15) is 17.3 Å². The maximum absolute atomic E-state index is 13.9. The van der Waals surface area contributed by atoms with Crippen molar-refractivity contribution in [2.75, 3.05) is 25.0 Å². The summed E-state index contributed by atoms with van der Waals surface area (Å²) in [5.41, 5.74) is 1.09. The van der Waals surface area contributed by atoms with Gasteiger partial charge in [-0.25, -0.2) is 8.78 Å². The van der Waals surface area contributed by atoms with Crippen LogP contribution in [0.5, 0.6) is 0 Å². The average molecular weight is 348 g/mol. The van der Waals surface area contributed by atoms with E-state index in [9.17, 15) is 8.78 Å². The zero-order valence-corrected chi connectivity index (χ0v) is 14.3. The lowest BCUT2D eigenvalue weighted by Gasteiger charge is -2.21. The van der Waals surface area contributed by atoms with Gasteiger partial charge in [-0.3, -0.25) is 9.67 Å². The Bertz CT molecular complexity index is 737. The molecule has 6 nitrogen and oxygen atoms in total. The Balaban J connectivity index is 1.56. The summed E-state index contributed by atoms with van der Waals surface area (Å²) in [5.74, 6) is -0.399. The number of aromatic nitrogens is 2. The molecule has 0 amide bonds. The molecule has 0 bridgehead atoms. The van der Waals surface area contributed by atoms with Gasteiger partial charge in [0.2, 0.25) is 0 Å². The van der Waals surface area contributed by atoms with Gasteiger partial charge in [0.15, 0.2) is 5.96 Å². The fourth-order valence-electron chi connectivity index (χ4n) is 3.01. The van der Waals surface area contributed by atoms with Crippen LogP contribution in [0.15, 0.2) is 35.6 Å². The summed E-state index contributed by atoms with van der Waals surface area (Å²) >= 11 is 0. The zero-order chi connectivity index (χ0) is 17.8. The number of halogens is 2. The number of anilines is 1. The first-order valence-electron chi connectivity index (χ1n) is 8.20. The lowest BCUT2D eigenvalue weighted by Crippen LogP contribution is -2.44. The molecule has 0 aliphatic carbocycles.